The van der Waals surface area contributed by atoms with E-state index in [1.54, 1.807) is 13.0 Å². The van der Waals surface area contributed by atoms with Crippen LogP contribution in [0.2, 0.25) is 0 Å². The van der Waals surface area contributed by atoms with E-state index in [2.05, 4.69) is 10.3 Å². The summed E-state index contributed by atoms with van der Waals surface area (Å²) in [6.07, 6.45) is -3.97. The lowest BCUT2D eigenvalue weighted by Crippen LogP contribution is -2.51. The fourth-order valence-corrected chi connectivity index (χ4v) is 5.56. The van der Waals surface area contributed by atoms with Crippen LogP contribution in [-0.2, 0) is 4.74 Å². The van der Waals surface area contributed by atoms with Gasteiger partial charge >= 0.3 is 12.2 Å². The summed E-state index contributed by atoms with van der Waals surface area (Å²) < 4.78 is 67.0. The van der Waals surface area contributed by atoms with Gasteiger partial charge < -0.3 is 29.7 Å². The number of morpholine rings is 1. The van der Waals surface area contributed by atoms with Gasteiger partial charge in [-0.05, 0) is 60.6 Å². The summed E-state index contributed by atoms with van der Waals surface area (Å²) in [5.41, 5.74) is -0.154. The molecule has 3 heterocycles. The molecule has 2 N–H and O–H groups in total. The fraction of sp³-hybridized carbons (Fsp3) is 0.538. The van der Waals surface area contributed by atoms with E-state index in [1.165, 1.54) is 12.1 Å². The van der Waals surface area contributed by atoms with Crippen molar-refractivity contribution in [2.45, 2.75) is 25.9 Å². The number of anilines is 2. The van der Waals surface area contributed by atoms with E-state index in [4.69, 9.17) is 9.47 Å². The van der Waals surface area contributed by atoms with Gasteiger partial charge in [0.2, 0.25) is 5.88 Å². The van der Waals surface area contributed by atoms with Crippen molar-refractivity contribution < 1.29 is 36.9 Å². The molecule has 5 rings (SSSR count). The molecule has 2 aromatic rings. The Bertz CT molecular complexity index is 1200. The van der Waals surface area contributed by atoms with E-state index in [0.29, 0.717) is 55.2 Å². The highest BCUT2D eigenvalue weighted by atomic mass is 19.4. The third-order valence-electron chi connectivity index (χ3n) is 7.82. The zero-order valence-electron chi connectivity index (χ0n) is 21.0. The second kappa shape index (κ2) is 10.2. The van der Waals surface area contributed by atoms with E-state index >= 15 is 0 Å². The maximum absolute atomic E-state index is 14.9. The van der Waals surface area contributed by atoms with E-state index in [1.807, 2.05) is 11.0 Å². The first kappa shape index (κ1) is 26.5. The van der Waals surface area contributed by atoms with E-state index < -0.39 is 35.9 Å². The predicted octanol–water partition coefficient (Wildman–Crippen LogP) is 4.21. The number of aryl methyl sites for hydroxylation is 1. The van der Waals surface area contributed by atoms with Crippen molar-refractivity contribution in [2.75, 3.05) is 62.8 Å². The molecule has 2 amide bonds. The molecule has 2 unspecified atom stereocenters. The van der Waals surface area contributed by atoms with Gasteiger partial charge in [-0.3, -0.25) is 0 Å². The molecule has 12 heteroatoms. The summed E-state index contributed by atoms with van der Waals surface area (Å²) in [5.74, 6) is -0.415. The number of hydrogen-bond acceptors (Lipinski definition) is 6. The summed E-state index contributed by atoms with van der Waals surface area (Å²) in [6.45, 7) is 3.45. The Hall–Kier alpha value is -3.12. The zero-order valence-corrected chi connectivity index (χ0v) is 21.0. The molecule has 1 saturated carbocycles. The number of alkyl halides is 3. The summed E-state index contributed by atoms with van der Waals surface area (Å²) >= 11 is 0. The van der Waals surface area contributed by atoms with Gasteiger partial charge in [0, 0.05) is 32.2 Å². The highest BCUT2D eigenvalue weighted by Gasteiger charge is 2.68. The minimum atomic E-state index is -4.39. The Balaban J connectivity index is 1.42. The van der Waals surface area contributed by atoms with Crippen LogP contribution in [0.5, 0.6) is 5.88 Å². The van der Waals surface area contributed by atoms with Crippen LogP contribution >= 0.6 is 0 Å². The molecule has 0 spiro atoms. The van der Waals surface area contributed by atoms with Gasteiger partial charge in [-0.25, -0.2) is 9.18 Å². The van der Waals surface area contributed by atoms with Crippen molar-refractivity contribution in [3.8, 4) is 17.0 Å². The van der Waals surface area contributed by atoms with Crippen LogP contribution < -0.4 is 15.0 Å². The maximum atomic E-state index is 14.9. The number of aliphatic hydroxyl groups excluding tert-OH is 1. The van der Waals surface area contributed by atoms with Gasteiger partial charge in [0.25, 0.3) is 0 Å². The number of pyridine rings is 1. The molecular formula is C26H30F4N4O4. The zero-order chi connectivity index (χ0) is 27.1. The number of halogens is 4. The molecule has 2 atom stereocenters. The van der Waals surface area contributed by atoms with Crippen molar-refractivity contribution in [3.63, 3.8) is 0 Å². The van der Waals surface area contributed by atoms with Crippen LogP contribution in [0.4, 0.5) is 33.9 Å². The molecular weight excluding hydrogens is 508 g/mol. The Morgan fingerprint density at radius 1 is 1.26 bits per heavy atom. The Morgan fingerprint density at radius 2 is 2.03 bits per heavy atom. The molecule has 1 aromatic carbocycles. The molecule has 38 heavy (non-hydrogen) atoms. The quantitative estimate of drug-likeness (QED) is 0.536. The molecule has 0 radical (unpaired) electrons. The van der Waals surface area contributed by atoms with Crippen molar-refractivity contribution in [1.29, 1.82) is 0 Å². The van der Waals surface area contributed by atoms with Crippen molar-refractivity contribution in [1.82, 2.24) is 9.88 Å². The average molecular weight is 539 g/mol. The van der Waals surface area contributed by atoms with Crippen LogP contribution in [0, 0.1) is 24.1 Å². The summed E-state index contributed by atoms with van der Waals surface area (Å²) in [6, 6.07) is 5.48. The first-order valence-corrected chi connectivity index (χ1v) is 12.6. The van der Waals surface area contributed by atoms with Crippen LogP contribution in [0.3, 0.4) is 0 Å². The Morgan fingerprint density at radius 3 is 2.66 bits per heavy atom. The smallest absolute Gasteiger partial charge is 0.396 e. The molecule has 1 aliphatic carbocycles. The SMILES string of the molecule is Cc1cc(F)c(NC(=O)N2CC3CCC3(C(F)(F)F)C2)cc1-c1cc(OCCO)nc(N2CCOCC2)c1. The number of rotatable bonds is 6. The Kier molecular flexibility index (Phi) is 7.12. The molecule has 2 saturated heterocycles. The third-order valence-corrected chi connectivity index (χ3v) is 7.82. The van der Waals surface area contributed by atoms with Crippen molar-refractivity contribution in [2.24, 2.45) is 11.3 Å². The van der Waals surface area contributed by atoms with Crippen molar-refractivity contribution >= 4 is 17.5 Å². The number of nitrogens with zero attached hydrogens (tertiary/aromatic N) is 3. The van der Waals surface area contributed by atoms with Gasteiger partial charge in [0.1, 0.15) is 18.2 Å². The van der Waals surface area contributed by atoms with Crippen LogP contribution in [-0.4, -0.2) is 79.8 Å². The number of fused-ring (bicyclic) bond motifs is 1. The number of carbonyl (C=O) groups excluding carboxylic acids is 1. The number of aromatic nitrogens is 1. The number of hydrogen-bond donors (Lipinski definition) is 2. The number of likely N-dealkylation sites (tertiary alicyclic amines) is 1. The minimum Gasteiger partial charge on any atom is -0.475 e. The summed E-state index contributed by atoms with van der Waals surface area (Å²) in [7, 11) is 0. The normalized spacial score (nSPS) is 23.2. The van der Waals surface area contributed by atoms with Gasteiger partial charge in [-0.15, -0.1) is 0 Å². The highest BCUT2D eigenvalue weighted by molar-refractivity contribution is 5.91. The number of nitrogens with one attached hydrogen (secondary N) is 1. The summed E-state index contributed by atoms with van der Waals surface area (Å²) in [4.78, 5) is 20.6. The van der Waals surface area contributed by atoms with Crippen molar-refractivity contribution in [3.05, 3.63) is 35.6 Å². The van der Waals surface area contributed by atoms with Gasteiger partial charge in [-0.1, -0.05) is 0 Å². The number of aliphatic hydroxyl groups is 1. The number of urea groups is 1. The lowest BCUT2D eigenvalue weighted by Gasteiger charge is -2.44. The molecule has 8 nitrogen and oxygen atoms in total. The molecule has 1 aromatic heterocycles. The standard InChI is InChI=1S/C26H30F4N4O4/c1-16-10-20(27)21(31-24(36)34-14-18-2-3-25(18,15-34)26(28,29)30)13-19(16)17-11-22(33-4-7-37-8-5-33)32-23(12-17)38-9-6-35/h10-13,18,35H,2-9,14-15H2,1H3,(H,31,36). The van der Waals surface area contributed by atoms with Gasteiger partial charge in [0.15, 0.2) is 0 Å². The fourth-order valence-electron chi connectivity index (χ4n) is 5.56. The van der Waals surface area contributed by atoms with E-state index in [9.17, 15) is 27.5 Å². The van der Waals surface area contributed by atoms with Gasteiger partial charge in [-0.2, -0.15) is 18.2 Å². The third kappa shape index (κ3) is 4.86. The minimum absolute atomic E-state index is 0.00217. The second-order valence-electron chi connectivity index (χ2n) is 10.1. The molecule has 3 fully saturated rings. The van der Waals surface area contributed by atoms with E-state index in [0.717, 1.165) is 4.90 Å². The number of ether oxygens (including phenoxy) is 2. The number of amides is 2. The lowest BCUT2D eigenvalue weighted by molar-refractivity contribution is -0.259. The monoisotopic (exact) mass is 538 g/mol. The molecule has 3 aliphatic rings. The van der Waals surface area contributed by atoms with Crippen LogP contribution in [0.15, 0.2) is 24.3 Å². The predicted molar refractivity (Wildman–Crippen MR) is 132 cm³/mol. The highest BCUT2D eigenvalue weighted by Crippen LogP contribution is 2.60. The summed E-state index contributed by atoms with van der Waals surface area (Å²) in [5, 5.41) is 11.7. The molecule has 2 aliphatic heterocycles. The molecule has 0 bridgehead atoms. The van der Waals surface area contributed by atoms with Gasteiger partial charge in [0.05, 0.1) is 30.9 Å². The first-order chi connectivity index (χ1) is 18.1. The second-order valence-corrected chi connectivity index (χ2v) is 10.1. The lowest BCUT2D eigenvalue weighted by atomic mass is 9.61. The number of benzene rings is 1. The average Bonchev–Trinajstić information content (AvgIpc) is 3.15. The van der Waals surface area contributed by atoms with Crippen LogP contribution in [0.25, 0.3) is 11.1 Å². The number of carbonyl (C=O) groups is 1. The maximum Gasteiger partial charge on any atom is 0.396 e. The van der Waals surface area contributed by atoms with Crippen LogP contribution in [0.1, 0.15) is 18.4 Å². The first-order valence-electron chi connectivity index (χ1n) is 12.6. The molecule has 206 valence electrons. The Labute approximate surface area is 217 Å². The van der Waals surface area contributed by atoms with E-state index in [-0.39, 0.29) is 37.7 Å². The topological polar surface area (TPSA) is 87.2 Å². The largest absolute Gasteiger partial charge is 0.475 e.